The molecule has 1 atom stereocenters. The van der Waals surface area contributed by atoms with Crippen LogP contribution in [0.4, 0.5) is 0 Å². The summed E-state index contributed by atoms with van der Waals surface area (Å²) in [6, 6.07) is 0. The van der Waals surface area contributed by atoms with Crippen molar-refractivity contribution in [3.63, 3.8) is 0 Å². The number of aliphatic hydroxyl groups is 1. The second kappa shape index (κ2) is 8.06. The number of carbonyl (C=O) groups is 2. The number of carbonyl (C=O) groups excluding carboxylic acids is 2. The van der Waals surface area contributed by atoms with Gasteiger partial charge in [-0.3, -0.25) is 9.59 Å². The third-order valence-electron chi connectivity index (χ3n) is 3.02. The number of likely N-dealkylation sites (N-methyl/N-ethyl adjacent to an activating group) is 1. The second-order valence-corrected chi connectivity index (χ2v) is 4.32. The highest BCUT2D eigenvalue weighted by Gasteiger charge is 2.16. The first-order chi connectivity index (χ1) is 7.92. The number of hydrogen-bond donors (Lipinski definition) is 2. The molecule has 1 unspecified atom stereocenters. The van der Waals surface area contributed by atoms with Crippen LogP contribution in [0.15, 0.2) is 0 Å². The first kappa shape index (κ1) is 15.9. The van der Waals surface area contributed by atoms with Gasteiger partial charge >= 0.3 is 0 Å². The van der Waals surface area contributed by atoms with Crippen LogP contribution in [0.3, 0.4) is 0 Å². The molecule has 0 bridgehead atoms. The Bertz CT molecular complexity index is 252. The summed E-state index contributed by atoms with van der Waals surface area (Å²) in [5.41, 5.74) is 0. The summed E-state index contributed by atoms with van der Waals surface area (Å²) in [5, 5.41) is 12.4. The summed E-state index contributed by atoms with van der Waals surface area (Å²) in [5.74, 6) is -0.186. The van der Waals surface area contributed by atoms with Crippen molar-refractivity contribution in [2.45, 2.75) is 39.7 Å². The lowest BCUT2D eigenvalue weighted by Crippen LogP contribution is -2.41. The zero-order valence-electron chi connectivity index (χ0n) is 11.2. The van der Waals surface area contributed by atoms with E-state index in [-0.39, 0.29) is 30.8 Å². The van der Waals surface area contributed by atoms with Gasteiger partial charge < -0.3 is 15.3 Å². The second-order valence-electron chi connectivity index (χ2n) is 4.32. The molecule has 2 N–H and O–H groups in total. The molecule has 0 aliphatic heterocycles. The molecule has 2 amide bonds. The van der Waals surface area contributed by atoms with Crippen LogP contribution in [-0.4, -0.2) is 48.1 Å². The van der Waals surface area contributed by atoms with Crippen LogP contribution in [0.5, 0.6) is 0 Å². The van der Waals surface area contributed by atoms with Crippen LogP contribution in [0.25, 0.3) is 0 Å². The standard InChI is InChI=1S/C12H24N2O3/c1-5-10(6-2)11(16)7-13-12(17)8-14(4)9(3)15/h10-11,16H,5-8H2,1-4H3,(H,13,17). The highest BCUT2D eigenvalue weighted by Crippen LogP contribution is 2.11. The fraction of sp³-hybridized carbons (Fsp3) is 0.833. The molecule has 5 nitrogen and oxygen atoms in total. The first-order valence-electron chi connectivity index (χ1n) is 6.08. The summed E-state index contributed by atoms with van der Waals surface area (Å²) in [6.07, 6.45) is 1.26. The molecule has 0 spiro atoms. The molecule has 0 aliphatic carbocycles. The quantitative estimate of drug-likeness (QED) is 0.680. The molecule has 0 rings (SSSR count). The molecule has 0 saturated carbocycles. The van der Waals surface area contributed by atoms with E-state index >= 15 is 0 Å². The topological polar surface area (TPSA) is 69.6 Å². The number of rotatable bonds is 7. The SMILES string of the molecule is CCC(CC)C(O)CNC(=O)CN(C)C(C)=O. The minimum absolute atomic E-state index is 0.0327. The Kier molecular flexibility index (Phi) is 7.54. The van der Waals surface area contributed by atoms with E-state index in [2.05, 4.69) is 5.32 Å². The van der Waals surface area contributed by atoms with E-state index in [4.69, 9.17) is 0 Å². The minimum Gasteiger partial charge on any atom is -0.391 e. The molecular formula is C12H24N2O3. The van der Waals surface area contributed by atoms with Gasteiger partial charge in [0.05, 0.1) is 12.6 Å². The lowest BCUT2D eigenvalue weighted by Gasteiger charge is -2.21. The van der Waals surface area contributed by atoms with Crippen LogP contribution in [0, 0.1) is 5.92 Å². The van der Waals surface area contributed by atoms with E-state index < -0.39 is 6.10 Å². The molecule has 0 aromatic rings. The van der Waals surface area contributed by atoms with E-state index in [1.165, 1.54) is 11.8 Å². The van der Waals surface area contributed by atoms with Gasteiger partial charge in [0.2, 0.25) is 11.8 Å². The van der Waals surface area contributed by atoms with Crippen molar-refractivity contribution in [3.05, 3.63) is 0 Å². The summed E-state index contributed by atoms with van der Waals surface area (Å²) >= 11 is 0. The lowest BCUT2D eigenvalue weighted by atomic mass is 9.96. The van der Waals surface area contributed by atoms with Gasteiger partial charge in [0.25, 0.3) is 0 Å². The summed E-state index contributed by atoms with van der Waals surface area (Å²) in [4.78, 5) is 23.7. The Morgan fingerprint density at radius 3 is 2.24 bits per heavy atom. The molecule has 5 heteroatoms. The number of nitrogens with one attached hydrogen (secondary N) is 1. The van der Waals surface area contributed by atoms with E-state index in [1.54, 1.807) is 7.05 Å². The van der Waals surface area contributed by atoms with Crippen molar-refractivity contribution < 1.29 is 14.7 Å². The number of amides is 2. The fourth-order valence-electron chi connectivity index (χ4n) is 1.60. The number of hydrogen-bond acceptors (Lipinski definition) is 3. The molecule has 0 aromatic carbocycles. The predicted molar refractivity (Wildman–Crippen MR) is 66.4 cm³/mol. The molecule has 0 aliphatic rings. The van der Waals surface area contributed by atoms with E-state index in [0.717, 1.165) is 12.8 Å². The highest BCUT2D eigenvalue weighted by molar-refractivity contribution is 5.83. The summed E-state index contributed by atoms with van der Waals surface area (Å²) < 4.78 is 0. The number of aliphatic hydroxyl groups excluding tert-OH is 1. The van der Waals surface area contributed by atoms with Gasteiger partial charge in [0, 0.05) is 20.5 Å². The molecule has 0 saturated heterocycles. The molecule has 0 aromatic heterocycles. The minimum atomic E-state index is -0.517. The van der Waals surface area contributed by atoms with Crippen LogP contribution in [0.2, 0.25) is 0 Å². The maximum absolute atomic E-state index is 11.4. The average Bonchev–Trinajstić information content (AvgIpc) is 2.27. The summed E-state index contributed by atoms with van der Waals surface area (Å²) in [7, 11) is 1.57. The van der Waals surface area contributed by atoms with Crippen LogP contribution < -0.4 is 5.32 Å². The molecule has 0 fully saturated rings. The monoisotopic (exact) mass is 244 g/mol. The van der Waals surface area contributed by atoms with Crippen molar-refractivity contribution in [1.29, 1.82) is 0 Å². The largest absolute Gasteiger partial charge is 0.391 e. The lowest BCUT2D eigenvalue weighted by molar-refractivity contribution is -0.133. The van der Waals surface area contributed by atoms with Gasteiger partial charge in [0.15, 0.2) is 0 Å². The third-order valence-corrected chi connectivity index (χ3v) is 3.02. The maximum Gasteiger partial charge on any atom is 0.239 e. The Balaban J connectivity index is 3.95. The Hall–Kier alpha value is -1.10. The average molecular weight is 244 g/mol. The predicted octanol–water partition coefficient (Wildman–Crippen LogP) is 0.378. The smallest absolute Gasteiger partial charge is 0.239 e. The van der Waals surface area contributed by atoms with Crippen molar-refractivity contribution >= 4 is 11.8 Å². The van der Waals surface area contributed by atoms with Crippen LogP contribution in [0.1, 0.15) is 33.6 Å². The van der Waals surface area contributed by atoms with Crippen molar-refractivity contribution in [1.82, 2.24) is 10.2 Å². The van der Waals surface area contributed by atoms with E-state index in [0.29, 0.717) is 0 Å². The van der Waals surface area contributed by atoms with Gasteiger partial charge in [-0.15, -0.1) is 0 Å². The highest BCUT2D eigenvalue weighted by atomic mass is 16.3. The molecular weight excluding hydrogens is 220 g/mol. The first-order valence-corrected chi connectivity index (χ1v) is 6.08. The zero-order chi connectivity index (χ0) is 13.4. The van der Waals surface area contributed by atoms with Gasteiger partial charge in [-0.05, 0) is 5.92 Å². The van der Waals surface area contributed by atoms with Crippen LogP contribution in [-0.2, 0) is 9.59 Å². The Morgan fingerprint density at radius 1 is 1.29 bits per heavy atom. The zero-order valence-corrected chi connectivity index (χ0v) is 11.2. The van der Waals surface area contributed by atoms with E-state index in [9.17, 15) is 14.7 Å². The van der Waals surface area contributed by atoms with Gasteiger partial charge in [-0.1, -0.05) is 26.7 Å². The van der Waals surface area contributed by atoms with Crippen molar-refractivity contribution in [2.75, 3.05) is 20.1 Å². The maximum atomic E-state index is 11.4. The van der Waals surface area contributed by atoms with Gasteiger partial charge in [-0.2, -0.15) is 0 Å². The van der Waals surface area contributed by atoms with Crippen molar-refractivity contribution in [2.24, 2.45) is 5.92 Å². The van der Waals surface area contributed by atoms with E-state index in [1.807, 2.05) is 13.8 Å². The molecule has 100 valence electrons. The van der Waals surface area contributed by atoms with Crippen LogP contribution >= 0.6 is 0 Å². The molecule has 0 radical (unpaired) electrons. The molecule has 17 heavy (non-hydrogen) atoms. The van der Waals surface area contributed by atoms with Gasteiger partial charge in [0.1, 0.15) is 0 Å². The van der Waals surface area contributed by atoms with Gasteiger partial charge in [-0.25, -0.2) is 0 Å². The van der Waals surface area contributed by atoms with Crippen molar-refractivity contribution in [3.8, 4) is 0 Å². The Labute approximate surface area is 103 Å². The fourth-order valence-corrected chi connectivity index (χ4v) is 1.60. The Morgan fingerprint density at radius 2 is 1.82 bits per heavy atom. The number of nitrogens with zero attached hydrogens (tertiary/aromatic N) is 1. The summed E-state index contributed by atoms with van der Waals surface area (Å²) in [6.45, 7) is 5.72. The normalized spacial score (nSPS) is 12.4. The third kappa shape index (κ3) is 6.26. The molecule has 0 heterocycles.